The van der Waals surface area contributed by atoms with Crippen LogP contribution >= 0.6 is 0 Å². The van der Waals surface area contributed by atoms with E-state index in [-0.39, 0.29) is 5.41 Å². The van der Waals surface area contributed by atoms with E-state index < -0.39 is 0 Å². The summed E-state index contributed by atoms with van der Waals surface area (Å²) < 4.78 is 0. The lowest BCUT2D eigenvalue weighted by atomic mass is 9.81. The molecule has 0 spiro atoms. The molecule has 0 fully saturated rings. The molecule has 0 saturated carbocycles. The minimum atomic E-state index is -0.184. The Morgan fingerprint density at radius 3 is 1.09 bits per heavy atom. The minimum Gasteiger partial charge on any atom is -0.256 e. The van der Waals surface area contributed by atoms with Gasteiger partial charge in [-0.15, -0.1) is 0 Å². The number of aromatic nitrogens is 13. The van der Waals surface area contributed by atoms with Gasteiger partial charge in [0.1, 0.15) is 11.4 Å². The average Bonchev–Trinajstić information content (AvgIpc) is 1.56. The maximum absolute atomic E-state index is 5.15. The largest absolute Gasteiger partial charge is 0.256 e. The quantitative estimate of drug-likeness (QED) is 0.127. The Labute approximate surface area is 692 Å². The number of hydrogen-bond acceptors (Lipinski definition) is 13. The molecule has 0 aliphatic heterocycles. The second kappa shape index (κ2) is 29.5. The van der Waals surface area contributed by atoms with E-state index in [1.54, 1.807) is 0 Å². The number of hydrogen-bond donors (Lipinski definition) is 0. The maximum Gasteiger partial charge on any atom is 0.201 e. The van der Waals surface area contributed by atoms with Crippen LogP contribution < -0.4 is 0 Å². The normalized spacial score (nSPS) is 12.6. The molecule has 4 aliphatic carbocycles. The zero-order chi connectivity index (χ0) is 79.8. The van der Waals surface area contributed by atoms with Gasteiger partial charge in [0.05, 0.1) is 50.7 Å². The molecule has 8 aromatic heterocycles. The molecule has 13 heteroatoms. The van der Waals surface area contributed by atoms with Crippen molar-refractivity contribution in [2.24, 2.45) is 0 Å². The van der Waals surface area contributed by atoms with Crippen LogP contribution in [0.5, 0.6) is 0 Å². The monoisotopic (exact) mass is 1540 g/mol. The first-order valence-electron chi connectivity index (χ1n) is 40.5. The molecule has 120 heavy (non-hydrogen) atoms. The van der Waals surface area contributed by atoms with Gasteiger partial charge in [0.15, 0.2) is 29.1 Å². The van der Waals surface area contributed by atoms with Crippen LogP contribution in [0.1, 0.15) is 58.4 Å². The molecule has 0 bridgehead atoms. The van der Waals surface area contributed by atoms with Crippen molar-refractivity contribution in [1.82, 2.24) is 64.8 Å². The third-order valence-corrected chi connectivity index (χ3v) is 23.7. The van der Waals surface area contributed by atoms with Crippen LogP contribution in [-0.2, 0) is 24.7 Å². The van der Waals surface area contributed by atoms with Crippen molar-refractivity contribution in [3.05, 3.63) is 403 Å². The number of benzene rings is 12. The van der Waals surface area contributed by atoms with Crippen LogP contribution in [0, 0.1) is 0 Å². The van der Waals surface area contributed by atoms with Crippen LogP contribution in [0.25, 0.3) is 191 Å². The molecule has 564 valence electrons. The Bertz CT molecular complexity index is 7480. The van der Waals surface area contributed by atoms with E-state index in [0.717, 1.165) is 137 Å². The maximum atomic E-state index is 5.15. The van der Waals surface area contributed by atoms with Crippen LogP contribution in [0.15, 0.2) is 358 Å². The van der Waals surface area contributed by atoms with E-state index in [1.165, 1.54) is 89.0 Å². The summed E-state index contributed by atoms with van der Waals surface area (Å²) in [4.78, 5) is 64.3. The van der Waals surface area contributed by atoms with Gasteiger partial charge in [-0.1, -0.05) is 293 Å². The average molecular weight is 1540 g/mol. The van der Waals surface area contributed by atoms with Gasteiger partial charge in [-0.25, -0.2) is 49.8 Å². The molecule has 0 radical (unpaired) electrons. The fraction of sp³-hybridized carbons (Fsp3) is 0.0561. The van der Waals surface area contributed by atoms with E-state index >= 15 is 0 Å². The smallest absolute Gasteiger partial charge is 0.201 e. The van der Waals surface area contributed by atoms with Crippen LogP contribution in [0.2, 0.25) is 0 Å². The predicted octanol–water partition coefficient (Wildman–Crippen LogP) is 24.3. The Kier molecular flexibility index (Phi) is 17.4. The molecule has 0 saturated heterocycles. The number of rotatable bonds is 10. The summed E-state index contributed by atoms with van der Waals surface area (Å²) in [5, 5.41) is 3.06. The van der Waals surface area contributed by atoms with E-state index in [1.807, 2.05) is 158 Å². The summed E-state index contributed by atoms with van der Waals surface area (Å²) >= 11 is 0. The van der Waals surface area contributed by atoms with Crippen LogP contribution in [0.4, 0.5) is 0 Å². The van der Waals surface area contributed by atoms with Gasteiger partial charge in [0.25, 0.3) is 0 Å². The lowest BCUT2D eigenvalue weighted by Gasteiger charge is -2.22. The molecular weight excluding hydrogens is 1470 g/mol. The first kappa shape index (κ1) is 70.9. The third kappa shape index (κ3) is 12.6. The van der Waals surface area contributed by atoms with E-state index in [0.29, 0.717) is 29.1 Å². The summed E-state index contributed by atoms with van der Waals surface area (Å²) in [7, 11) is 0. The number of nitrogens with zero attached hydrogens (tertiary/aromatic N) is 13. The Morgan fingerprint density at radius 2 is 0.567 bits per heavy atom. The summed E-state index contributed by atoms with van der Waals surface area (Å²) in [5.74, 6) is 3.28. The fourth-order valence-corrected chi connectivity index (χ4v) is 17.9. The highest BCUT2D eigenvalue weighted by molar-refractivity contribution is 5.97. The Balaban J connectivity index is 0.000000109. The summed E-state index contributed by atoms with van der Waals surface area (Å²) in [6, 6.07) is 117. The molecule has 20 aromatic rings. The second-order valence-electron chi connectivity index (χ2n) is 31.1. The molecule has 0 atom stereocenters. The third-order valence-electron chi connectivity index (χ3n) is 23.7. The zero-order valence-corrected chi connectivity index (χ0v) is 65.5. The highest BCUT2D eigenvalue weighted by Crippen LogP contribution is 2.52. The first-order valence-corrected chi connectivity index (χ1v) is 40.5. The molecule has 13 nitrogen and oxygen atoms in total. The van der Waals surface area contributed by atoms with E-state index in [4.69, 9.17) is 64.8 Å². The van der Waals surface area contributed by atoms with Gasteiger partial charge in [0, 0.05) is 92.8 Å². The number of para-hydroxylation sites is 3. The minimum absolute atomic E-state index is 0.184. The van der Waals surface area contributed by atoms with Gasteiger partial charge in [-0.3, -0.25) is 15.0 Å². The molecule has 12 aromatic carbocycles. The van der Waals surface area contributed by atoms with Crippen molar-refractivity contribution in [3.63, 3.8) is 0 Å². The first-order chi connectivity index (χ1) is 59.2. The van der Waals surface area contributed by atoms with E-state index in [9.17, 15) is 0 Å². The zero-order valence-electron chi connectivity index (χ0n) is 65.5. The lowest BCUT2D eigenvalue weighted by Crippen LogP contribution is -2.15. The summed E-state index contributed by atoms with van der Waals surface area (Å²) in [6.45, 7) is 4.67. The van der Waals surface area contributed by atoms with Crippen molar-refractivity contribution in [2.75, 3.05) is 0 Å². The molecule has 0 amide bonds. The second-order valence-corrected chi connectivity index (χ2v) is 31.1. The molecule has 0 unspecified atom stereocenters. The highest BCUT2D eigenvalue weighted by atomic mass is 15.1. The van der Waals surface area contributed by atoms with Crippen molar-refractivity contribution in [2.45, 2.75) is 38.5 Å². The van der Waals surface area contributed by atoms with Crippen molar-refractivity contribution < 1.29 is 0 Å². The predicted molar refractivity (Wildman–Crippen MR) is 480 cm³/mol. The Hall–Kier alpha value is -15.7. The van der Waals surface area contributed by atoms with Crippen molar-refractivity contribution >= 4 is 32.7 Å². The standard InChI is InChI=1S/C41H29N3.C35H22N6.C31H20N4/c1-41(2)35-23-27(38-34-22-26-12-6-7-13-29(26)30(34)20-21-42-38)16-18-31(35)32-19-17-28(24-36(32)41)40-43-37-15-9-8-14-33(37)39(44-40)25-10-4-3-5-11-25;1-3-11-22(12-4-1)30-27-17-9-10-18-29(27)37-34(38-30)35-40-32(23-13-5-2-6-14-23)39-33(41-35)31-28-21-24-15-7-8-16-25(24)26(28)19-20-36-31;1-2-9-20(10-3-1)29-24-13-6-7-14-26(24)34-31(35-29)28-16-8-15-27(33-28)30-25-19-21-11-4-5-12-22(21)23(25)17-18-32-30/h3-21,23-24H,22H2,1-2H3;1-20H,21H2;1-18H,19H2. The fourth-order valence-electron chi connectivity index (χ4n) is 17.9. The van der Waals surface area contributed by atoms with Crippen LogP contribution in [0.3, 0.4) is 0 Å². The molecule has 24 rings (SSSR count). The topological polar surface area (TPSA) is 168 Å². The van der Waals surface area contributed by atoms with Crippen molar-refractivity contribution in [1.29, 1.82) is 0 Å². The molecule has 8 heterocycles. The van der Waals surface area contributed by atoms with Gasteiger partial charge in [-0.05, 0) is 150 Å². The van der Waals surface area contributed by atoms with Crippen molar-refractivity contribution in [3.8, 4) is 158 Å². The molecule has 4 aliphatic rings. The Morgan fingerprint density at radius 1 is 0.208 bits per heavy atom. The SMILES string of the molecule is CC1(C)c2cc(-c3nc(-c4ccccc4)c4ccccc4n3)ccc2-c2ccc(-c3nccc4c3Cc3ccccc3-4)cc21.c1ccc(-c2nc(-c3cccc(-c4nccc5c4Cc4ccccc4-5)n3)nc3ccccc23)cc1.c1ccc(-c2nc(-c3nc(-c4ccccc4)c4ccccc4n3)nc(-c3nccc4c3Cc3ccccc3-4)n2)cc1. The van der Waals surface area contributed by atoms with Gasteiger partial charge >= 0.3 is 0 Å². The molecule has 0 N–H and O–H groups in total. The van der Waals surface area contributed by atoms with Crippen LogP contribution in [-0.4, -0.2) is 64.8 Å². The number of pyridine rings is 4. The van der Waals surface area contributed by atoms with E-state index in [2.05, 4.69) is 214 Å². The van der Waals surface area contributed by atoms with Gasteiger partial charge in [-0.2, -0.15) is 0 Å². The summed E-state index contributed by atoms with van der Waals surface area (Å²) in [6.07, 6.45) is 8.25. The van der Waals surface area contributed by atoms with Gasteiger partial charge in [0.2, 0.25) is 5.82 Å². The molecular formula is C107H71N13. The van der Waals surface area contributed by atoms with Gasteiger partial charge < -0.3 is 0 Å². The number of fused-ring (bicyclic) bond motifs is 15. The highest BCUT2D eigenvalue weighted by Gasteiger charge is 2.37. The lowest BCUT2D eigenvalue weighted by molar-refractivity contribution is 0.660. The summed E-state index contributed by atoms with van der Waals surface area (Å²) in [5.41, 5.74) is 36.2.